The van der Waals surface area contributed by atoms with Gasteiger partial charge >= 0.3 is 0 Å². The SMILES string of the molecule is CN(C)S(=O)(=O)c1cc(C(=O)Nc2ccc(-c3ccccc3)cc2)ccc1F. The zero-order valence-corrected chi connectivity index (χ0v) is 16.2. The number of rotatable bonds is 5. The molecule has 144 valence electrons. The van der Waals surface area contributed by atoms with Crippen molar-refractivity contribution in [1.82, 2.24) is 4.31 Å². The average molecular weight is 398 g/mol. The normalized spacial score (nSPS) is 11.4. The van der Waals surface area contributed by atoms with E-state index in [1.165, 1.54) is 20.2 Å². The predicted octanol–water partition coefficient (Wildman–Crippen LogP) is 4.00. The van der Waals surface area contributed by atoms with E-state index in [0.717, 1.165) is 27.6 Å². The van der Waals surface area contributed by atoms with Gasteiger partial charge in [0.2, 0.25) is 10.0 Å². The topological polar surface area (TPSA) is 66.5 Å². The summed E-state index contributed by atoms with van der Waals surface area (Å²) in [7, 11) is -1.39. The highest BCUT2D eigenvalue weighted by molar-refractivity contribution is 7.89. The third-order valence-corrected chi connectivity index (χ3v) is 6.03. The molecule has 0 radical (unpaired) electrons. The first-order valence-corrected chi connectivity index (χ1v) is 9.92. The number of hydrogen-bond acceptors (Lipinski definition) is 3. The number of amides is 1. The van der Waals surface area contributed by atoms with Crippen LogP contribution in [0.3, 0.4) is 0 Å². The van der Waals surface area contributed by atoms with Gasteiger partial charge in [-0.15, -0.1) is 0 Å². The van der Waals surface area contributed by atoms with Gasteiger partial charge < -0.3 is 5.32 Å². The summed E-state index contributed by atoms with van der Waals surface area (Å²) in [6.45, 7) is 0. The van der Waals surface area contributed by atoms with Gasteiger partial charge in [0.15, 0.2) is 0 Å². The number of nitrogens with one attached hydrogen (secondary N) is 1. The fraction of sp³-hybridized carbons (Fsp3) is 0.0952. The molecule has 28 heavy (non-hydrogen) atoms. The Morgan fingerprint density at radius 2 is 1.50 bits per heavy atom. The molecule has 5 nitrogen and oxygen atoms in total. The third-order valence-electron chi connectivity index (χ3n) is 4.20. The van der Waals surface area contributed by atoms with Crippen LogP contribution in [0, 0.1) is 5.82 Å². The van der Waals surface area contributed by atoms with Crippen LogP contribution in [-0.4, -0.2) is 32.7 Å². The van der Waals surface area contributed by atoms with Gasteiger partial charge in [-0.05, 0) is 41.5 Å². The summed E-state index contributed by atoms with van der Waals surface area (Å²) >= 11 is 0. The quantitative estimate of drug-likeness (QED) is 0.707. The molecule has 0 saturated heterocycles. The monoisotopic (exact) mass is 398 g/mol. The molecule has 3 aromatic rings. The number of anilines is 1. The molecule has 3 rings (SSSR count). The first-order valence-electron chi connectivity index (χ1n) is 8.48. The second-order valence-corrected chi connectivity index (χ2v) is 8.45. The second kappa shape index (κ2) is 7.92. The minimum Gasteiger partial charge on any atom is -0.322 e. The number of carbonyl (C=O) groups excluding carboxylic acids is 1. The maximum atomic E-state index is 14.0. The van der Waals surface area contributed by atoms with Crippen LogP contribution in [0.5, 0.6) is 0 Å². The van der Waals surface area contributed by atoms with Gasteiger partial charge in [-0.1, -0.05) is 42.5 Å². The molecule has 0 aliphatic heterocycles. The highest BCUT2D eigenvalue weighted by atomic mass is 32.2. The average Bonchev–Trinajstić information content (AvgIpc) is 2.69. The summed E-state index contributed by atoms with van der Waals surface area (Å²) in [6.07, 6.45) is 0. The molecular weight excluding hydrogens is 379 g/mol. The van der Waals surface area contributed by atoms with Crippen molar-refractivity contribution in [1.29, 1.82) is 0 Å². The summed E-state index contributed by atoms with van der Waals surface area (Å²) < 4.78 is 39.3. The molecule has 7 heteroatoms. The van der Waals surface area contributed by atoms with E-state index in [1.807, 2.05) is 42.5 Å². The van der Waals surface area contributed by atoms with E-state index in [4.69, 9.17) is 0 Å². The largest absolute Gasteiger partial charge is 0.322 e. The van der Waals surface area contributed by atoms with Crippen LogP contribution >= 0.6 is 0 Å². The summed E-state index contributed by atoms with van der Waals surface area (Å²) in [4.78, 5) is 11.9. The first kappa shape index (κ1) is 19.7. The van der Waals surface area contributed by atoms with Crippen molar-refractivity contribution in [2.24, 2.45) is 0 Å². The lowest BCUT2D eigenvalue weighted by molar-refractivity contribution is 0.102. The van der Waals surface area contributed by atoms with Crippen LogP contribution in [0.4, 0.5) is 10.1 Å². The van der Waals surface area contributed by atoms with Crippen molar-refractivity contribution in [2.75, 3.05) is 19.4 Å². The van der Waals surface area contributed by atoms with E-state index in [-0.39, 0.29) is 5.56 Å². The predicted molar refractivity (Wildman–Crippen MR) is 107 cm³/mol. The van der Waals surface area contributed by atoms with Crippen molar-refractivity contribution in [2.45, 2.75) is 4.90 Å². The van der Waals surface area contributed by atoms with Crippen molar-refractivity contribution >= 4 is 21.6 Å². The summed E-state index contributed by atoms with van der Waals surface area (Å²) in [5.41, 5.74) is 2.65. The lowest BCUT2D eigenvalue weighted by Gasteiger charge is -2.13. The number of benzene rings is 3. The maximum Gasteiger partial charge on any atom is 0.255 e. The second-order valence-electron chi connectivity index (χ2n) is 6.33. The van der Waals surface area contributed by atoms with E-state index in [1.54, 1.807) is 12.1 Å². The van der Waals surface area contributed by atoms with Gasteiger partial charge in [0.1, 0.15) is 10.7 Å². The van der Waals surface area contributed by atoms with E-state index in [2.05, 4.69) is 5.32 Å². The molecule has 3 aromatic carbocycles. The van der Waals surface area contributed by atoms with Gasteiger partial charge in [0, 0.05) is 25.3 Å². The highest BCUT2D eigenvalue weighted by Crippen LogP contribution is 2.23. The third kappa shape index (κ3) is 4.11. The minimum atomic E-state index is -3.99. The Balaban J connectivity index is 1.82. The highest BCUT2D eigenvalue weighted by Gasteiger charge is 2.23. The minimum absolute atomic E-state index is 0.0500. The molecule has 0 aliphatic rings. The van der Waals surface area contributed by atoms with E-state index in [9.17, 15) is 17.6 Å². The van der Waals surface area contributed by atoms with Gasteiger partial charge in [0.25, 0.3) is 5.91 Å². The van der Waals surface area contributed by atoms with Crippen molar-refractivity contribution in [3.63, 3.8) is 0 Å². The van der Waals surface area contributed by atoms with E-state index >= 15 is 0 Å². The number of nitrogens with zero attached hydrogens (tertiary/aromatic N) is 1. The smallest absolute Gasteiger partial charge is 0.255 e. The zero-order valence-electron chi connectivity index (χ0n) is 15.4. The molecule has 0 spiro atoms. The zero-order chi connectivity index (χ0) is 20.3. The number of sulfonamides is 1. The number of hydrogen-bond donors (Lipinski definition) is 1. The fourth-order valence-electron chi connectivity index (χ4n) is 2.62. The Kier molecular flexibility index (Phi) is 5.58. The number of carbonyl (C=O) groups is 1. The molecule has 0 unspecified atom stereocenters. The van der Waals surface area contributed by atoms with Crippen LogP contribution in [0.1, 0.15) is 10.4 Å². The van der Waals surface area contributed by atoms with Crippen LogP contribution < -0.4 is 5.32 Å². The molecule has 0 heterocycles. The molecule has 0 fully saturated rings. The molecule has 0 aromatic heterocycles. The van der Waals surface area contributed by atoms with Crippen LogP contribution in [0.15, 0.2) is 77.7 Å². The van der Waals surface area contributed by atoms with Gasteiger partial charge in [0.05, 0.1) is 0 Å². The van der Waals surface area contributed by atoms with Gasteiger partial charge in [-0.25, -0.2) is 17.1 Å². The Hall–Kier alpha value is -3.03. The van der Waals surface area contributed by atoms with E-state index < -0.39 is 26.6 Å². The molecule has 0 aliphatic carbocycles. The van der Waals surface area contributed by atoms with Crippen LogP contribution in [-0.2, 0) is 10.0 Å². The molecule has 0 bridgehead atoms. The van der Waals surface area contributed by atoms with Crippen LogP contribution in [0.2, 0.25) is 0 Å². The molecule has 0 atom stereocenters. The fourth-order valence-corrected chi connectivity index (χ4v) is 3.60. The number of halogens is 1. The maximum absolute atomic E-state index is 14.0. The standard InChI is InChI=1S/C21H19FN2O3S/c1-24(2)28(26,27)20-14-17(10-13-19(20)22)21(25)23-18-11-8-16(9-12-18)15-6-4-3-5-7-15/h3-14H,1-2H3,(H,23,25). The van der Waals surface area contributed by atoms with Crippen molar-refractivity contribution < 1.29 is 17.6 Å². The molecule has 0 saturated carbocycles. The molecule has 1 N–H and O–H groups in total. The Bertz CT molecular complexity index is 1100. The molecular formula is C21H19FN2O3S. The Labute approximate surface area is 163 Å². The first-order chi connectivity index (χ1) is 13.3. The van der Waals surface area contributed by atoms with Crippen LogP contribution in [0.25, 0.3) is 11.1 Å². The lowest BCUT2D eigenvalue weighted by Crippen LogP contribution is -2.24. The Morgan fingerprint density at radius 1 is 0.893 bits per heavy atom. The Morgan fingerprint density at radius 3 is 2.11 bits per heavy atom. The summed E-state index contributed by atoms with van der Waals surface area (Å²) in [6, 6.07) is 20.3. The van der Waals surface area contributed by atoms with Gasteiger partial charge in [-0.3, -0.25) is 4.79 Å². The summed E-state index contributed by atoms with van der Waals surface area (Å²) in [5, 5.41) is 2.69. The van der Waals surface area contributed by atoms with E-state index in [0.29, 0.717) is 5.69 Å². The van der Waals surface area contributed by atoms with Crippen molar-refractivity contribution in [3.8, 4) is 11.1 Å². The van der Waals surface area contributed by atoms with Crippen molar-refractivity contribution in [3.05, 3.63) is 84.2 Å². The summed E-state index contributed by atoms with van der Waals surface area (Å²) in [5.74, 6) is -1.43. The lowest BCUT2D eigenvalue weighted by atomic mass is 10.1. The van der Waals surface area contributed by atoms with Gasteiger partial charge in [-0.2, -0.15) is 0 Å². The molecule has 1 amide bonds.